The molecule has 4 heteroatoms. The smallest absolute Gasteiger partial charge is 0.222 e. The number of nitrogens with one attached hydrogen (secondary N) is 1. The van der Waals surface area contributed by atoms with Crippen molar-refractivity contribution in [2.45, 2.75) is 20.0 Å². The summed E-state index contributed by atoms with van der Waals surface area (Å²) in [6.07, 6.45) is 3.59. The largest absolute Gasteiger partial charge is 0.350 e. The summed E-state index contributed by atoms with van der Waals surface area (Å²) in [6.45, 7) is 3.20. The van der Waals surface area contributed by atoms with Crippen LogP contribution in [0.25, 0.3) is 0 Å². The Bertz CT molecular complexity index is 479. The fourth-order valence-electron chi connectivity index (χ4n) is 1.59. The summed E-state index contributed by atoms with van der Waals surface area (Å²) in [5.74, 6) is 0.641. The molecule has 3 N–H and O–H groups in total. The lowest BCUT2D eigenvalue weighted by Crippen LogP contribution is -2.08. The highest BCUT2D eigenvalue weighted by molar-refractivity contribution is 5.32. The van der Waals surface area contributed by atoms with E-state index in [0.717, 1.165) is 11.1 Å². The molecule has 1 aromatic carbocycles. The molecule has 0 aliphatic rings. The molecule has 0 bridgehead atoms. The molecule has 0 aliphatic heterocycles. The van der Waals surface area contributed by atoms with E-state index in [0.29, 0.717) is 19.0 Å². The van der Waals surface area contributed by atoms with Crippen LogP contribution in [0.1, 0.15) is 16.7 Å². The van der Waals surface area contributed by atoms with Gasteiger partial charge in [0.1, 0.15) is 0 Å². The molecule has 2 aromatic rings. The lowest BCUT2D eigenvalue weighted by Gasteiger charge is -2.08. The summed E-state index contributed by atoms with van der Waals surface area (Å²) in [7, 11) is 0. The Hall–Kier alpha value is -1.94. The summed E-state index contributed by atoms with van der Waals surface area (Å²) in [5, 5.41) is 3.19. The zero-order valence-corrected chi connectivity index (χ0v) is 9.85. The van der Waals surface area contributed by atoms with Crippen LogP contribution in [-0.2, 0) is 13.1 Å². The van der Waals surface area contributed by atoms with E-state index < -0.39 is 0 Å². The standard InChI is InChI=1S/C13H16N4/c1-10-7-15-13(16-8-10)17-9-12-5-3-2-4-11(12)6-14/h2-5,7-8H,6,9,14H2,1H3,(H,15,16,17). The van der Waals surface area contributed by atoms with Gasteiger partial charge in [-0.05, 0) is 23.6 Å². The SMILES string of the molecule is Cc1cnc(NCc2ccccc2CN)nc1. The Morgan fingerprint density at radius 3 is 2.41 bits per heavy atom. The molecule has 0 atom stereocenters. The molecular weight excluding hydrogens is 212 g/mol. The summed E-state index contributed by atoms with van der Waals surface area (Å²) < 4.78 is 0. The highest BCUT2D eigenvalue weighted by Gasteiger charge is 2.00. The van der Waals surface area contributed by atoms with Crippen LogP contribution in [0.2, 0.25) is 0 Å². The van der Waals surface area contributed by atoms with E-state index in [9.17, 15) is 0 Å². The topological polar surface area (TPSA) is 63.8 Å². The van der Waals surface area contributed by atoms with Gasteiger partial charge < -0.3 is 11.1 Å². The highest BCUT2D eigenvalue weighted by Crippen LogP contribution is 2.09. The second-order valence-electron chi connectivity index (χ2n) is 3.91. The lowest BCUT2D eigenvalue weighted by molar-refractivity contribution is 0.985. The number of aryl methyl sites for hydroxylation is 1. The Balaban J connectivity index is 2.04. The van der Waals surface area contributed by atoms with E-state index in [2.05, 4.69) is 21.4 Å². The molecule has 0 saturated heterocycles. The quantitative estimate of drug-likeness (QED) is 0.838. The fourth-order valence-corrected chi connectivity index (χ4v) is 1.59. The maximum atomic E-state index is 5.68. The van der Waals surface area contributed by atoms with Crippen LogP contribution in [0, 0.1) is 6.92 Å². The minimum Gasteiger partial charge on any atom is -0.350 e. The van der Waals surface area contributed by atoms with E-state index in [1.165, 1.54) is 5.56 Å². The Morgan fingerprint density at radius 1 is 1.12 bits per heavy atom. The summed E-state index contributed by atoms with van der Waals surface area (Å²) >= 11 is 0. The van der Waals surface area contributed by atoms with E-state index in [-0.39, 0.29) is 0 Å². The summed E-state index contributed by atoms with van der Waals surface area (Å²) in [5.41, 5.74) is 9.06. The minimum atomic E-state index is 0.548. The molecule has 0 saturated carbocycles. The van der Waals surface area contributed by atoms with Crippen molar-refractivity contribution in [2.24, 2.45) is 5.73 Å². The number of hydrogen-bond donors (Lipinski definition) is 2. The predicted molar refractivity (Wildman–Crippen MR) is 68.4 cm³/mol. The van der Waals surface area contributed by atoms with Gasteiger partial charge in [-0.3, -0.25) is 0 Å². The Kier molecular flexibility index (Phi) is 3.67. The van der Waals surface area contributed by atoms with E-state index in [1.54, 1.807) is 12.4 Å². The van der Waals surface area contributed by atoms with Crippen molar-refractivity contribution >= 4 is 5.95 Å². The van der Waals surface area contributed by atoms with Crippen molar-refractivity contribution in [3.05, 3.63) is 53.3 Å². The van der Waals surface area contributed by atoms with Crippen LogP contribution in [-0.4, -0.2) is 9.97 Å². The number of rotatable bonds is 4. The van der Waals surface area contributed by atoms with Crippen LogP contribution in [0.15, 0.2) is 36.7 Å². The van der Waals surface area contributed by atoms with Gasteiger partial charge in [0.15, 0.2) is 0 Å². The zero-order chi connectivity index (χ0) is 12.1. The van der Waals surface area contributed by atoms with Gasteiger partial charge in [0.05, 0.1) is 0 Å². The minimum absolute atomic E-state index is 0.548. The molecule has 1 heterocycles. The van der Waals surface area contributed by atoms with Gasteiger partial charge in [0.25, 0.3) is 0 Å². The first kappa shape index (κ1) is 11.5. The molecule has 0 unspecified atom stereocenters. The van der Waals surface area contributed by atoms with E-state index in [1.807, 2.05) is 25.1 Å². The molecular formula is C13H16N4. The first-order chi connectivity index (χ1) is 8.29. The normalized spacial score (nSPS) is 10.2. The van der Waals surface area contributed by atoms with Crippen LogP contribution in [0.5, 0.6) is 0 Å². The Morgan fingerprint density at radius 2 is 1.76 bits per heavy atom. The third kappa shape index (κ3) is 3.01. The molecule has 2 rings (SSSR count). The van der Waals surface area contributed by atoms with Gasteiger partial charge in [-0.25, -0.2) is 9.97 Å². The average Bonchev–Trinajstić information content (AvgIpc) is 2.38. The molecule has 1 aromatic heterocycles. The molecule has 0 spiro atoms. The van der Waals surface area contributed by atoms with Crippen molar-refractivity contribution < 1.29 is 0 Å². The number of aromatic nitrogens is 2. The zero-order valence-electron chi connectivity index (χ0n) is 9.85. The number of nitrogens with two attached hydrogens (primary N) is 1. The van der Waals surface area contributed by atoms with Gasteiger partial charge in [0.2, 0.25) is 5.95 Å². The molecule has 0 amide bonds. The van der Waals surface area contributed by atoms with Gasteiger partial charge in [-0.15, -0.1) is 0 Å². The molecule has 4 nitrogen and oxygen atoms in total. The van der Waals surface area contributed by atoms with Gasteiger partial charge in [-0.1, -0.05) is 24.3 Å². The van der Waals surface area contributed by atoms with E-state index in [4.69, 9.17) is 5.73 Å². The molecule has 0 radical (unpaired) electrons. The molecule has 17 heavy (non-hydrogen) atoms. The molecule has 0 aliphatic carbocycles. The third-order valence-electron chi connectivity index (χ3n) is 2.56. The number of nitrogens with zero attached hydrogens (tertiary/aromatic N) is 2. The maximum Gasteiger partial charge on any atom is 0.222 e. The average molecular weight is 228 g/mol. The monoisotopic (exact) mass is 228 g/mol. The van der Waals surface area contributed by atoms with Gasteiger partial charge >= 0.3 is 0 Å². The van der Waals surface area contributed by atoms with Crippen LogP contribution < -0.4 is 11.1 Å². The Labute approximate surface area is 101 Å². The highest BCUT2D eigenvalue weighted by atomic mass is 15.1. The molecule has 88 valence electrons. The van der Waals surface area contributed by atoms with Crippen molar-refractivity contribution in [3.8, 4) is 0 Å². The fraction of sp³-hybridized carbons (Fsp3) is 0.231. The maximum absolute atomic E-state index is 5.68. The van der Waals surface area contributed by atoms with Crippen molar-refractivity contribution in [1.29, 1.82) is 0 Å². The van der Waals surface area contributed by atoms with Crippen molar-refractivity contribution in [3.63, 3.8) is 0 Å². The summed E-state index contributed by atoms with van der Waals surface area (Å²) in [6, 6.07) is 8.09. The van der Waals surface area contributed by atoms with Gasteiger partial charge in [0, 0.05) is 25.5 Å². The predicted octanol–water partition coefficient (Wildman–Crippen LogP) is 1.86. The second-order valence-corrected chi connectivity index (χ2v) is 3.91. The second kappa shape index (κ2) is 5.41. The first-order valence-electron chi connectivity index (χ1n) is 5.59. The van der Waals surface area contributed by atoms with Crippen LogP contribution in [0.4, 0.5) is 5.95 Å². The van der Waals surface area contributed by atoms with Crippen molar-refractivity contribution in [2.75, 3.05) is 5.32 Å². The number of hydrogen-bond acceptors (Lipinski definition) is 4. The molecule has 0 fully saturated rings. The van der Waals surface area contributed by atoms with Crippen LogP contribution >= 0.6 is 0 Å². The lowest BCUT2D eigenvalue weighted by atomic mass is 10.1. The van der Waals surface area contributed by atoms with Gasteiger partial charge in [-0.2, -0.15) is 0 Å². The number of anilines is 1. The van der Waals surface area contributed by atoms with Crippen LogP contribution in [0.3, 0.4) is 0 Å². The van der Waals surface area contributed by atoms with E-state index >= 15 is 0 Å². The van der Waals surface area contributed by atoms with Crippen molar-refractivity contribution in [1.82, 2.24) is 9.97 Å². The first-order valence-corrected chi connectivity index (χ1v) is 5.59. The number of benzene rings is 1. The summed E-state index contributed by atoms with van der Waals surface area (Å²) in [4.78, 5) is 8.39. The third-order valence-corrected chi connectivity index (χ3v) is 2.56.